The third kappa shape index (κ3) is 2.08. The van der Waals surface area contributed by atoms with Crippen LogP contribution in [0.1, 0.15) is 66.2 Å². The van der Waals surface area contributed by atoms with Crippen LogP contribution in [-0.4, -0.2) is 11.7 Å². The molecule has 88 valence electrons. The van der Waals surface area contributed by atoms with Gasteiger partial charge in [0, 0.05) is 0 Å². The average Bonchev–Trinajstić information content (AvgIpc) is 2.27. The van der Waals surface area contributed by atoms with Crippen molar-refractivity contribution in [1.29, 1.82) is 0 Å². The summed E-state index contributed by atoms with van der Waals surface area (Å²) in [7, 11) is 0. The fourth-order valence-corrected chi connectivity index (χ4v) is 3.91. The van der Waals surface area contributed by atoms with Crippen LogP contribution < -0.4 is 0 Å². The zero-order chi connectivity index (χ0) is 11.1. The maximum atomic E-state index is 6.29. The molecule has 0 aromatic heterocycles. The average molecular weight is 210 g/mol. The van der Waals surface area contributed by atoms with Gasteiger partial charge in [0.05, 0.1) is 11.7 Å². The van der Waals surface area contributed by atoms with Crippen LogP contribution in [0.4, 0.5) is 0 Å². The number of hydrogen-bond acceptors (Lipinski definition) is 1. The van der Waals surface area contributed by atoms with E-state index in [-0.39, 0.29) is 5.60 Å². The van der Waals surface area contributed by atoms with Gasteiger partial charge in [-0.15, -0.1) is 0 Å². The Labute approximate surface area is 94.6 Å². The van der Waals surface area contributed by atoms with Gasteiger partial charge in [0.25, 0.3) is 0 Å². The van der Waals surface area contributed by atoms with E-state index in [4.69, 9.17) is 4.74 Å². The van der Waals surface area contributed by atoms with Crippen molar-refractivity contribution < 1.29 is 4.74 Å². The van der Waals surface area contributed by atoms with Gasteiger partial charge >= 0.3 is 0 Å². The predicted octanol–water partition coefficient (Wildman–Crippen LogP) is 4.16. The van der Waals surface area contributed by atoms with E-state index in [0.29, 0.717) is 11.5 Å². The molecule has 2 saturated carbocycles. The molecule has 2 rings (SSSR count). The Morgan fingerprint density at radius 1 is 1.40 bits per heavy atom. The maximum Gasteiger partial charge on any atom is 0.0666 e. The Morgan fingerprint density at radius 2 is 2.13 bits per heavy atom. The van der Waals surface area contributed by atoms with Crippen molar-refractivity contribution in [3.05, 3.63) is 0 Å². The molecule has 2 aliphatic rings. The largest absolute Gasteiger partial charge is 0.372 e. The van der Waals surface area contributed by atoms with Crippen molar-refractivity contribution in [1.82, 2.24) is 0 Å². The van der Waals surface area contributed by atoms with Crippen LogP contribution in [0.25, 0.3) is 0 Å². The molecule has 0 heterocycles. The van der Waals surface area contributed by atoms with Crippen molar-refractivity contribution in [2.75, 3.05) is 0 Å². The summed E-state index contributed by atoms with van der Waals surface area (Å²) >= 11 is 0. The zero-order valence-electron chi connectivity index (χ0n) is 10.8. The summed E-state index contributed by atoms with van der Waals surface area (Å²) in [6.45, 7) is 9.27. The summed E-state index contributed by atoms with van der Waals surface area (Å²) in [6, 6.07) is 0. The fraction of sp³-hybridized carbons (Fsp3) is 1.00. The SMILES string of the molecule is CCCC(C)O[C@@]1(C)CC2CCC2(C)C1. The predicted molar refractivity (Wildman–Crippen MR) is 63.9 cm³/mol. The van der Waals surface area contributed by atoms with Crippen molar-refractivity contribution in [2.24, 2.45) is 11.3 Å². The Kier molecular flexibility index (Phi) is 2.87. The second-order valence-corrected chi connectivity index (χ2v) is 6.44. The molecule has 1 heteroatoms. The van der Waals surface area contributed by atoms with Crippen LogP contribution in [0.3, 0.4) is 0 Å². The van der Waals surface area contributed by atoms with E-state index in [1.807, 2.05) is 0 Å². The molecular weight excluding hydrogens is 184 g/mol. The van der Waals surface area contributed by atoms with Crippen molar-refractivity contribution in [3.8, 4) is 0 Å². The second-order valence-electron chi connectivity index (χ2n) is 6.44. The number of fused-ring (bicyclic) bond motifs is 1. The van der Waals surface area contributed by atoms with E-state index in [1.165, 1.54) is 38.5 Å². The molecule has 0 spiro atoms. The number of ether oxygens (including phenoxy) is 1. The lowest BCUT2D eigenvalue weighted by molar-refractivity contribution is -0.0786. The Hall–Kier alpha value is -0.0400. The first kappa shape index (κ1) is 11.4. The van der Waals surface area contributed by atoms with Crippen molar-refractivity contribution >= 4 is 0 Å². The minimum Gasteiger partial charge on any atom is -0.372 e. The van der Waals surface area contributed by atoms with Crippen LogP contribution in [0.15, 0.2) is 0 Å². The molecule has 0 bridgehead atoms. The molecule has 2 aliphatic carbocycles. The van der Waals surface area contributed by atoms with E-state index >= 15 is 0 Å². The molecule has 15 heavy (non-hydrogen) atoms. The molecule has 3 unspecified atom stereocenters. The lowest BCUT2D eigenvalue weighted by atomic mass is 9.63. The van der Waals surface area contributed by atoms with Gasteiger partial charge in [-0.2, -0.15) is 0 Å². The van der Waals surface area contributed by atoms with Crippen LogP contribution in [0.2, 0.25) is 0 Å². The first-order valence-electron chi connectivity index (χ1n) is 6.65. The minimum atomic E-state index is 0.185. The first-order valence-corrected chi connectivity index (χ1v) is 6.65. The van der Waals surface area contributed by atoms with E-state index in [1.54, 1.807) is 0 Å². The number of hydrogen-bond donors (Lipinski definition) is 0. The molecule has 0 saturated heterocycles. The standard InChI is InChI=1S/C14H26O/c1-5-6-11(2)15-14(4)9-12-7-8-13(12,3)10-14/h11-12H,5-10H2,1-4H3/t11?,12?,13?,14-/m0/s1. The summed E-state index contributed by atoms with van der Waals surface area (Å²) in [4.78, 5) is 0. The lowest BCUT2D eigenvalue weighted by Gasteiger charge is -2.41. The normalized spacial score (nSPS) is 46.0. The van der Waals surface area contributed by atoms with E-state index < -0.39 is 0 Å². The number of rotatable bonds is 4. The molecule has 0 aliphatic heterocycles. The van der Waals surface area contributed by atoms with Crippen LogP contribution in [0, 0.1) is 11.3 Å². The molecule has 2 fully saturated rings. The molecule has 0 N–H and O–H groups in total. The maximum absolute atomic E-state index is 6.29. The quantitative estimate of drug-likeness (QED) is 0.677. The third-order valence-electron chi connectivity index (χ3n) is 4.69. The lowest BCUT2D eigenvalue weighted by Crippen LogP contribution is -2.33. The fourth-order valence-electron chi connectivity index (χ4n) is 3.91. The molecule has 4 atom stereocenters. The topological polar surface area (TPSA) is 9.23 Å². The van der Waals surface area contributed by atoms with Gasteiger partial charge in [0.1, 0.15) is 0 Å². The third-order valence-corrected chi connectivity index (χ3v) is 4.69. The summed E-state index contributed by atoms with van der Waals surface area (Å²) in [5.41, 5.74) is 0.811. The van der Waals surface area contributed by atoms with E-state index in [9.17, 15) is 0 Å². The summed E-state index contributed by atoms with van der Waals surface area (Å²) in [5, 5.41) is 0. The van der Waals surface area contributed by atoms with Crippen LogP contribution in [0.5, 0.6) is 0 Å². The second kappa shape index (κ2) is 3.76. The van der Waals surface area contributed by atoms with Gasteiger partial charge in [-0.1, -0.05) is 20.3 Å². The van der Waals surface area contributed by atoms with Crippen molar-refractivity contribution in [3.63, 3.8) is 0 Å². The highest BCUT2D eigenvalue weighted by Gasteiger charge is 2.55. The van der Waals surface area contributed by atoms with Gasteiger partial charge < -0.3 is 4.74 Å². The Balaban J connectivity index is 1.92. The molecule has 0 aromatic rings. The van der Waals surface area contributed by atoms with Crippen LogP contribution >= 0.6 is 0 Å². The van der Waals surface area contributed by atoms with Gasteiger partial charge in [0.15, 0.2) is 0 Å². The zero-order valence-corrected chi connectivity index (χ0v) is 10.8. The highest BCUT2D eigenvalue weighted by atomic mass is 16.5. The smallest absolute Gasteiger partial charge is 0.0666 e. The molecule has 0 amide bonds. The monoisotopic (exact) mass is 210 g/mol. The molecular formula is C14H26O. The van der Waals surface area contributed by atoms with Crippen LogP contribution in [-0.2, 0) is 4.74 Å². The van der Waals surface area contributed by atoms with Gasteiger partial charge in [-0.25, -0.2) is 0 Å². The van der Waals surface area contributed by atoms with E-state index in [2.05, 4.69) is 27.7 Å². The van der Waals surface area contributed by atoms with Gasteiger partial charge in [-0.3, -0.25) is 0 Å². The molecule has 0 aromatic carbocycles. The van der Waals surface area contributed by atoms with E-state index in [0.717, 1.165) is 5.92 Å². The molecule has 0 radical (unpaired) electrons. The van der Waals surface area contributed by atoms with Gasteiger partial charge in [-0.05, 0) is 57.3 Å². The first-order chi connectivity index (χ1) is 6.97. The summed E-state index contributed by atoms with van der Waals surface area (Å²) in [5.74, 6) is 0.955. The Bertz CT molecular complexity index is 237. The minimum absolute atomic E-state index is 0.185. The summed E-state index contributed by atoms with van der Waals surface area (Å²) in [6.07, 6.45) is 8.35. The summed E-state index contributed by atoms with van der Waals surface area (Å²) < 4.78 is 6.29. The molecule has 1 nitrogen and oxygen atoms in total. The van der Waals surface area contributed by atoms with Gasteiger partial charge in [0.2, 0.25) is 0 Å². The highest BCUT2D eigenvalue weighted by Crippen LogP contribution is 2.61. The van der Waals surface area contributed by atoms with Crippen molar-refractivity contribution in [2.45, 2.75) is 77.9 Å². The highest BCUT2D eigenvalue weighted by molar-refractivity contribution is 5.06. The Morgan fingerprint density at radius 3 is 2.53 bits per heavy atom.